The van der Waals surface area contributed by atoms with Gasteiger partial charge in [-0.05, 0) is 44.4 Å². The summed E-state index contributed by atoms with van der Waals surface area (Å²) in [6.07, 6.45) is 1.26. The van der Waals surface area contributed by atoms with Crippen LogP contribution in [0.25, 0.3) is 0 Å². The zero-order valence-electron chi connectivity index (χ0n) is 12.4. The molecule has 0 radical (unpaired) electrons. The van der Waals surface area contributed by atoms with Crippen molar-refractivity contribution < 1.29 is 4.39 Å². The molecular formula is C16H25FN2. The molecule has 2 nitrogen and oxygen atoms in total. The summed E-state index contributed by atoms with van der Waals surface area (Å²) in [6.45, 7) is 8.43. The molecule has 0 aliphatic carbocycles. The predicted octanol–water partition coefficient (Wildman–Crippen LogP) is 3.42. The van der Waals surface area contributed by atoms with E-state index in [-0.39, 0.29) is 5.82 Å². The normalized spacial score (nSPS) is 27.6. The van der Waals surface area contributed by atoms with E-state index in [1.54, 1.807) is 6.07 Å². The van der Waals surface area contributed by atoms with Crippen LogP contribution in [0.5, 0.6) is 0 Å². The van der Waals surface area contributed by atoms with E-state index < -0.39 is 0 Å². The van der Waals surface area contributed by atoms with Crippen LogP contribution in [0.3, 0.4) is 0 Å². The Labute approximate surface area is 116 Å². The third-order valence-electron chi connectivity index (χ3n) is 4.35. The number of benzene rings is 1. The molecule has 106 valence electrons. The van der Waals surface area contributed by atoms with Gasteiger partial charge in [0.1, 0.15) is 5.82 Å². The minimum Gasteiger partial charge on any atom is -0.368 e. The van der Waals surface area contributed by atoms with E-state index in [0.29, 0.717) is 24.4 Å². The Morgan fingerprint density at radius 3 is 2.74 bits per heavy atom. The van der Waals surface area contributed by atoms with E-state index in [2.05, 4.69) is 37.1 Å². The van der Waals surface area contributed by atoms with Crippen molar-refractivity contribution in [1.82, 2.24) is 5.32 Å². The third-order valence-corrected chi connectivity index (χ3v) is 4.35. The molecule has 1 heterocycles. The van der Waals surface area contributed by atoms with E-state index in [4.69, 9.17) is 0 Å². The molecule has 1 aliphatic rings. The van der Waals surface area contributed by atoms with Gasteiger partial charge < -0.3 is 10.2 Å². The minimum absolute atomic E-state index is 0.107. The molecule has 0 bridgehead atoms. The smallest absolute Gasteiger partial charge is 0.129 e. The quantitative estimate of drug-likeness (QED) is 0.900. The van der Waals surface area contributed by atoms with Crippen LogP contribution in [0.2, 0.25) is 0 Å². The Balaban J connectivity index is 2.37. The molecule has 1 aromatic rings. The molecular weight excluding hydrogens is 239 g/mol. The van der Waals surface area contributed by atoms with Gasteiger partial charge in [-0.2, -0.15) is 0 Å². The van der Waals surface area contributed by atoms with Gasteiger partial charge in [0.2, 0.25) is 0 Å². The van der Waals surface area contributed by atoms with Crippen molar-refractivity contribution >= 4 is 5.69 Å². The molecule has 1 aliphatic heterocycles. The Hall–Kier alpha value is -1.09. The zero-order valence-corrected chi connectivity index (χ0v) is 12.4. The second-order valence-electron chi connectivity index (χ2n) is 5.98. The largest absolute Gasteiger partial charge is 0.368 e. The molecule has 19 heavy (non-hydrogen) atoms. The fraction of sp³-hybridized carbons (Fsp3) is 0.625. The number of nitrogens with one attached hydrogen (secondary N) is 1. The number of piperidine rings is 1. The number of anilines is 1. The molecule has 3 heteroatoms. The van der Waals surface area contributed by atoms with Crippen molar-refractivity contribution in [3.8, 4) is 0 Å². The van der Waals surface area contributed by atoms with Gasteiger partial charge in [-0.25, -0.2) is 4.39 Å². The summed E-state index contributed by atoms with van der Waals surface area (Å²) in [6, 6.07) is 5.89. The van der Waals surface area contributed by atoms with E-state index in [1.807, 2.05) is 13.1 Å². The zero-order chi connectivity index (χ0) is 14.0. The first-order valence-corrected chi connectivity index (χ1v) is 7.23. The van der Waals surface area contributed by atoms with Crippen LogP contribution in [0.15, 0.2) is 18.2 Å². The molecule has 1 fully saturated rings. The molecule has 3 atom stereocenters. The standard InChI is InChI=1S/C16H25FN2/c1-11-8-12(2)13(3)19(10-11)16-7-5-6-15(17)14(16)9-18-4/h5-7,11-13,18H,8-10H2,1-4H3. The van der Waals surface area contributed by atoms with Gasteiger partial charge >= 0.3 is 0 Å². The molecule has 1 N–H and O–H groups in total. The summed E-state index contributed by atoms with van der Waals surface area (Å²) in [4.78, 5) is 2.38. The SMILES string of the molecule is CNCc1c(F)cccc1N1CC(C)CC(C)C1C. The fourth-order valence-electron chi connectivity index (χ4n) is 3.20. The van der Waals surface area contributed by atoms with Crippen LogP contribution in [-0.2, 0) is 6.54 Å². The summed E-state index contributed by atoms with van der Waals surface area (Å²) < 4.78 is 14.0. The maximum Gasteiger partial charge on any atom is 0.129 e. The monoisotopic (exact) mass is 264 g/mol. The van der Waals surface area contributed by atoms with Crippen LogP contribution in [0, 0.1) is 17.7 Å². The van der Waals surface area contributed by atoms with Crippen molar-refractivity contribution in [1.29, 1.82) is 0 Å². The predicted molar refractivity (Wildman–Crippen MR) is 78.9 cm³/mol. The van der Waals surface area contributed by atoms with E-state index in [0.717, 1.165) is 17.8 Å². The lowest BCUT2D eigenvalue weighted by molar-refractivity contribution is 0.296. The van der Waals surface area contributed by atoms with E-state index >= 15 is 0 Å². The van der Waals surface area contributed by atoms with E-state index in [1.165, 1.54) is 6.42 Å². The number of nitrogens with zero attached hydrogens (tertiary/aromatic N) is 1. The first-order chi connectivity index (χ1) is 9.04. The van der Waals surface area contributed by atoms with Gasteiger partial charge in [-0.15, -0.1) is 0 Å². The molecule has 3 unspecified atom stereocenters. The highest BCUT2D eigenvalue weighted by Gasteiger charge is 2.30. The van der Waals surface area contributed by atoms with Crippen LogP contribution >= 0.6 is 0 Å². The van der Waals surface area contributed by atoms with Crippen LogP contribution in [0.4, 0.5) is 10.1 Å². The summed E-state index contributed by atoms with van der Waals surface area (Å²) in [7, 11) is 1.86. The van der Waals surface area contributed by atoms with Gasteiger partial charge in [-0.3, -0.25) is 0 Å². The van der Waals surface area contributed by atoms with Crippen LogP contribution < -0.4 is 10.2 Å². The molecule has 0 aromatic heterocycles. The van der Waals surface area contributed by atoms with Crippen molar-refractivity contribution in [3.05, 3.63) is 29.6 Å². The fourth-order valence-corrected chi connectivity index (χ4v) is 3.20. The summed E-state index contributed by atoms with van der Waals surface area (Å²) >= 11 is 0. The first kappa shape index (κ1) is 14.3. The highest BCUT2D eigenvalue weighted by molar-refractivity contribution is 5.55. The van der Waals surface area contributed by atoms with Gasteiger partial charge in [0, 0.05) is 30.4 Å². The highest BCUT2D eigenvalue weighted by atomic mass is 19.1. The number of halogens is 1. The Bertz CT molecular complexity index is 433. The van der Waals surface area contributed by atoms with Gasteiger partial charge in [0.15, 0.2) is 0 Å². The van der Waals surface area contributed by atoms with Crippen molar-refractivity contribution in [2.24, 2.45) is 11.8 Å². The number of hydrogen-bond acceptors (Lipinski definition) is 2. The van der Waals surface area contributed by atoms with Gasteiger partial charge in [-0.1, -0.05) is 19.9 Å². The molecule has 0 spiro atoms. The second kappa shape index (κ2) is 5.91. The van der Waals surface area contributed by atoms with E-state index in [9.17, 15) is 4.39 Å². The summed E-state index contributed by atoms with van der Waals surface area (Å²) in [5, 5.41) is 3.07. The summed E-state index contributed by atoms with van der Waals surface area (Å²) in [5.41, 5.74) is 1.85. The summed E-state index contributed by atoms with van der Waals surface area (Å²) in [5.74, 6) is 1.20. The van der Waals surface area contributed by atoms with Crippen molar-refractivity contribution in [2.45, 2.75) is 39.8 Å². The molecule has 0 amide bonds. The minimum atomic E-state index is -0.107. The van der Waals surface area contributed by atoms with Crippen molar-refractivity contribution in [3.63, 3.8) is 0 Å². The average Bonchev–Trinajstić information content (AvgIpc) is 2.36. The average molecular weight is 264 g/mol. The number of rotatable bonds is 3. The second-order valence-corrected chi connectivity index (χ2v) is 5.98. The Morgan fingerprint density at radius 1 is 1.32 bits per heavy atom. The molecule has 0 saturated carbocycles. The van der Waals surface area contributed by atoms with Crippen LogP contribution in [-0.4, -0.2) is 19.6 Å². The molecule has 1 saturated heterocycles. The van der Waals surface area contributed by atoms with Gasteiger partial charge in [0.25, 0.3) is 0 Å². The lowest BCUT2D eigenvalue weighted by atomic mass is 9.85. The maximum atomic E-state index is 14.0. The maximum absolute atomic E-state index is 14.0. The highest BCUT2D eigenvalue weighted by Crippen LogP contribution is 2.33. The molecule has 1 aromatic carbocycles. The van der Waals surface area contributed by atoms with Crippen LogP contribution in [0.1, 0.15) is 32.8 Å². The Morgan fingerprint density at radius 2 is 2.05 bits per heavy atom. The lowest BCUT2D eigenvalue weighted by Crippen LogP contribution is -2.46. The third kappa shape index (κ3) is 2.92. The van der Waals surface area contributed by atoms with Crippen molar-refractivity contribution in [2.75, 3.05) is 18.5 Å². The van der Waals surface area contributed by atoms with Gasteiger partial charge in [0.05, 0.1) is 0 Å². The topological polar surface area (TPSA) is 15.3 Å². The Kier molecular flexibility index (Phi) is 4.46. The lowest BCUT2D eigenvalue weighted by Gasteiger charge is -2.43. The molecule has 2 rings (SSSR count). The first-order valence-electron chi connectivity index (χ1n) is 7.23. The number of hydrogen-bond donors (Lipinski definition) is 1.